The van der Waals surface area contributed by atoms with E-state index in [0.717, 1.165) is 85.4 Å². The average molecular weight is 571 g/mol. The molecule has 11 nitrogen and oxygen atoms in total. The van der Waals surface area contributed by atoms with Gasteiger partial charge in [0.25, 0.3) is 0 Å². The number of aliphatic carboxylic acids is 1. The van der Waals surface area contributed by atoms with Crippen molar-refractivity contribution in [3.8, 4) is 17.0 Å². The average Bonchev–Trinajstić information content (AvgIpc) is 3.41. The minimum atomic E-state index is -1.01. The monoisotopic (exact) mass is 570 g/mol. The van der Waals surface area contributed by atoms with E-state index in [1.165, 1.54) is 6.33 Å². The van der Waals surface area contributed by atoms with Crippen LogP contribution in [0.1, 0.15) is 37.3 Å². The maximum Gasteiger partial charge on any atom is 0.341 e. The molecule has 42 heavy (non-hydrogen) atoms. The molecule has 4 N–H and O–H groups in total. The van der Waals surface area contributed by atoms with Gasteiger partial charge in [-0.25, -0.2) is 19.4 Å². The fourth-order valence-electron chi connectivity index (χ4n) is 6.18. The summed E-state index contributed by atoms with van der Waals surface area (Å²) in [6.45, 7) is 4.71. The van der Waals surface area contributed by atoms with E-state index in [0.29, 0.717) is 24.2 Å². The van der Waals surface area contributed by atoms with Gasteiger partial charge >= 0.3 is 5.97 Å². The number of benzene rings is 2. The van der Waals surface area contributed by atoms with Crippen LogP contribution in [0.25, 0.3) is 22.3 Å². The molecule has 0 bridgehead atoms. The van der Waals surface area contributed by atoms with Gasteiger partial charge in [-0.05, 0) is 50.9 Å². The van der Waals surface area contributed by atoms with Crippen molar-refractivity contribution in [1.82, 2.24) is 29.5 Å². The van der Waals surface area contributed by atoms with Crippen molar-refractivity contribution < 1.29 is 14.6 Å². The van der Waals surface area contributed by atoms with E-state index in [-0.39, 0.29) is 12.6 Å². The van der Waals surface area contributed by atoms with E-state index >= 15 is 0 Å². The number of fused-ring (bicyclic) bond motifs is 1. The summed E-state index contributed by atoms with van der Waals surface area (Å²) < 4.78 is 7.52. The summed E-state index contributed by atoms with van der Waals surface area (Å²) in [7, 11) is 2.20. The van der Waals surface area contributed by atoms with Crippen molar-refractivity contribution in [3.63, 3.8) is 0 Å². The molecule has 1 aliphatic heterocycles. The molecule has 3 heterocycles. The summed E-state index contributed by atoms with van der Waals surface area (Å²) in [5.74, 6) is -0.0192. The van der Waals surface area contributed by atoms with Gasteiger partial charge in [0.15, 0.2) is 12.3 Å². The van der Waals surface area contributed by atoms with Gasteiger partial charge < -0.3 is 25.8 Å². The van der Waals surface area contributed by atoms with Gasteiger partial charge in [-0.2, -0.15) is 5.10 Å². The molecule has 1 aliphatic carbocycles. The number of piperazine rings is 1. The Hall–Kier alpha value is -4.22. The number of rotatable bonds is 9. The molecular weight excluding hydrogens is 532 g/mol. The van der Waals surface area contributed by atoms with Gasteiger partial charge in [-0.15, -0.1) is 0 Å². The van der Waals surface area contributed by atoms with Crippen molar-refractivity contribution in [3.05, 3.63) is 60.4 Å². The fourth-order valence-corrected chi connectivity index (χ4v) is 6.18. The number of anilines is 2. The van der Waals surface area contributed by atoms with Crippen LogP contribution in [-0.4, -0.2) is 86.5 Å². The van der Waals surface area contributed by atoms with Crippen LogP contribution >= 0.6 is 0 Å². The standard InChI is InChI=1S/C31H38N8O3/c1-37-14-16-38(17-15-37)24-10-12-25(13-11-24)39-31-28(30(32)34-20-35-31)29(36-39)21-6-8-23(9-7-21)33-18-22-4-2-3-5-26(22)42-19-27(40)41/h2-9,20,24-25,33H,10-19H2,1H3,(H,40,41)(H2,32,34,35). The van der Waals surface area contributed by atoms with E-state index in [1.54, 1.807) is 6.07 Å². The van der Waals surface area contributed by atoms with Gasteiger partial charge in [0.05, 0.1) is 11.4 Å². The van der Waals surface area contributed by atoms with E-state index < -0.39 is 5.97 Å². The zero-order chi connectivity index (χ0) is 29.1. The number of ether oxygens (including phenoxy) is 1. The molecular formula is C31H38N8O3. The highest BCUT2D eigenvalue weighted by Gasteiger charge is 2.30. The van der Waals surface area contributed by atoms with Crippen molar-refractivity contribution >= 4 is 28.5 Å². The Bertz CT molecular complexity index is 1520. The number of carboxylic acid groups (broad SMARTS) is 1. The minimum Gasteiger partial charge on any atom is -0.482 e. The van der Waals surface area contributed by atoms with Crippen LogP contribution in [-0.2, 0) is 11.3 Å². The topological polar surface area (TPSA) is 135 Å². The number of nitrogens with two attached hydrogens (primary N) is 1. The molecule has 0 atom stereocenters. The van der Waals surface area contributed by atoms with Crippen LogP contribution in [0.4, 0.5) is 11.5 Å². The predicted molar refractivity (Wildman–Crippen MR) is 162 cm³/mol. The van der Waals surface area contributed by atoms with Crippen LogP contribution in [0.15, 0.2) is 54.9 Å². The first-order valence-corrected chi connectivity index (χ1v) is 14.6. The molecule has 220 valence electrons. The number of nitrogens with one attached hydrogen (secondary N) is 1. The summed E-state index contributed by atoms with van der Waals surface area (Å²) in [5.41, 5.74) is 10.7. The number of likely N-dealkylation sites (N-methyl/N-ethyl adjacent to an activating group) is 1. The van der Waals surface area contributed by atoms with Gasteiger partial charge in [0.1, 0.15) is 23.6 Å². The summed E-state index contributed by atoms with van der Waals surface area (Å²) in [6.07, 6.45) is 5.99. The Kier molecular flexibility index (Phi) is 8.20. The second-order valence-electron chi connectivity index (χ2n) is 11.3. The summed E-state index contributed by atoms with van der Waals surface area (Å²) in [4.78, 5) is 24.9. The summed E-state index contributed by atoms with van der Waals surface area (Å²) >= 11 is 0. The maximum absolute atomic E-state index is 10.9. The smallest absolute Gasteiger partial charge is 0.341 e. The van der Waals surface area contributed by atoms with Crippen LogP contribution in [0.2, 0.25) is 0 Å². The normalized spacial score (nSPS) is 20.0. The lowest BCUT2D eigenvalue weighted by atomic mass is 9.90. The van der Waals surface area contributed by atoms with Crippen LogP contribution < -0.4 is 15.8 Å². The zero-order valence-corrected chi connectivity index (χ0v) is 23.9. The lowest BCUT2D eigenvalue weighted by molar-refractivity contribution is -0.139. The molecule has 2 aliphatic rings. The van der Waals surface area contributed by atoms with E-state index in [4.69, 9.17) is 20.7 Å². The first-order valence-electron chi connectivity index (χ1n) is 14.6. The molecule has 1 saturated carbocycles. The highest BCUT2D eigenvalue weighted by atomic mass is 16.5. The molecule has 4 aromatic rings. The minimum absolute atomic E-state index is 0.281. The molecule has 0 spiro atoms. The SMILES string of the molecule is CN1CCN(C2CCC(n3nc(-c4ccc(NCc5ccccc5OCC(=O)O)cc4)c4c(N)ncnc43)CC2)CC1. The van der Waals surface area contributed by atoms with Gasteiger partial charge in [0.2, 0.25) is 0 Å². The number of carboxylic acids is 1. The zero-order valence-electron chi connectivity index (χ0n) is 23.9. The lowest BCUT2D eigenvalue weighted by Crippen LogP contribution is -2.49. The third-order valence-corrected chi connectivity index (χ3v) is 8.55. The van der Waals surface area contributed by atoms with E-state index in [2.05, 4.69) is 36.8 Å². The van der Waals surface area contributed by atoms with Crippen molar-refractivity contribution in [2.75, 3.05) is 50.9 Å². The Labute approximate surface area is 245 Å². The third kappa shape index (κ3) is 6.02. The molecule has 0 unspecified atom stereocenters. The first-order chi connectivity index (χ1) is 20.5. The number of carbonyl (C=O) groups is 1. The van der Waals surface area contributed by atoms with Crippen LogP contribution in [0.3, 0.4) is 0 Å². The third-order valence-electron chi connectivity index (χ3n) is 8.55. The quantitative estimate of drug-likeness (QED) is 0.272. The first kappa shape index (κ1) is 27.9. The Morgan fingerprint density at radius 2 is 1.71 bits per heavy atom. The molecule has 2 fully saturated rings. The number of nitrogen functional groups attached to an aromatic ring is 1. The van der Waals surface area contributed by atoms with Crippen molar-refractivity contribution in [2.24, 2.45) is 0 Å². The Morgan fingerprint density at radius 3 is 2.45 bits per heavy atom. The highest BCUT2D eigenvalue weighted by Crippen LogP contribution is 2.37. The van der Waals surface area contributed by atoms with E-state index in [1.807, 2.05) is 42.5 Å². The molecule has 6 rings (SSSR count). The van der Waals surface area contributed by atoms with Gasteiger partial charge in [-0.3, -0.25) is 4.90 Å². The van der Waals surface area contributed by atoms with E-state index in [9.17, 15) is 4.79 Å². The lowest BCUT2D eigenvalue weighted by Gasteiger charge is -2.41. The predicted octanol–water partition coefficient (Wildman–Crippen LogP) is 3.88. The molecule has 0 amide bonds. The maximum atomic E-state index is 10.9. The summed E-state index contributed by atoms with van der Waals surface area (Å²) in [6, 6.07) is 16.4. The fraction of sp³-hybridized carbons (Fsp3) is 0.419. The second-order valence-corrected chi connectivity index (χ2v) is 11.3. The number of nitrogens with zero attached hydrogens (tertiary/aromatic N) is 6. The Balaban J connectivity index is 1.17. The number of hydrogen-bond acceptors (Lipinski definition) is 9. The molecule has 2 aromatic heterocycles. The van der Waals surface area contributed by atoms with Crippen molar-refractivity contribution in [2.45, 2.75) is 44.3 Å². The molecule has 0 radical (unpaired) electrons. The van der Waals surface area contributed by atoms with Crippen LogP contribution in [0, 0.1) is 0 Å². The van der Waals surface area contributed by atoms with Gasteiger partial charge in [-0.1, -0.05) is 30.3 Å². The number of aromatic nitrogens is 4. The summed E-state index contributed by atoms with van der Waals surface area (Å²) in [5, 5.41) is 18.2. The van der Waals surface area contributed by atoms with Crippen molar-refractivity contribution in [1.29, 1.82) is 0 Å². The molecule has 2 aromatic carbocycles. The van der Waals surface area contributed by atoms with Crippen LogP contribution in [0.5, 0.6) is 5.75 Å². The largest absolute Gasteiger partial charge is 0.482 e. The second kappa shape index (κ2) is 12.3. The Morgan fingerprint density at radius 1 is 1.00 bits per heavy atom. The molecule has 1 saturated heterocycles. The molecule has 11 heteroatoms. The highest BCUT2D eigenvalue weighted by molar-refractivity contribution is 5.98. The van der Waals surface area contributed by atoms with Gasteiger partial charge in [0, 0.05) is 55.6 Å². The number of hydrogen-bond donors (Lipinski definition) is 3. The number of para-hydroxylation sites is 1.